The standard InChI is InChI=1S/C27H28ClFN8O/c1-16-14-35(15-17(2)34(16)3)19-9-7-18(8-10-19)32-26-31-13-20-24(33-26)36-12-11-30-27(36)37(25(20)38)23-21(28)5-4-6-22(23)29/h4-10,13,16-17H,11-12,14-15H2,1-3H3,(H,31,32,33)/t16-,17+. The molecule has 0 aliphatic carbocycles. The van der Waals surface area contributed by atoms with E-state index < -0.39 is 11.7 Å². The van der Waals surface area contributed by atoms with Crippen LogP contribution >= 0.6 is 11.6 Å². The first-order chi connectivity index (χ1) is 18.3. The van der Waals surface area contributed by atoms with Crippen molar-refractivity contribution in [2.45, 2.75) is 25.9 Å². The second-order valence-corrected chi connectivity index (χ2v) is 10.3. The molecule has 1 fully saturated rings. The molecular formula is C27H28ClFN8O. The Morgan fingerprint density at radius 1 is 1.08 bits per heavy atom. The zero-order valence-electron chi connectivity index (χ0n) is 21.4. The van der Waals surface area contributed by atoms with Gasteiger partial charge in [-0.25, -0.2) is 14.3 Å². The van der Waals surface area contributed by atoms with Crippen molar-refractivity contribution in [3.8, 4) is 0 Å². The molecule has 0 radical (unpaired) electrons. The van der Waals surface area contributed by atoms with Gasteiger partial charge in [-0.2, -0.15) is 4.98 Å². The Kier molecular flexibility index (Phi) is 6.16. The van der Waals surface area contributed by atoms with Gasteiger partial charge in [0.1, 0.15) is 17.1 Å². The van der Waals surface area contributed by atoms with Crippen LogP contribution in [-0.4, -0.2) is 72.0 Å². The average Bonchev–Trinajstić information content (AvgIpc) is 3.39. The summed E-state index contributed by atoms with van der Waals surface area (Å²) in [6.07, 6.45) is 1.46. The van der Waals surface area contributed by atoms with Gasteiger partial charge in [0.15, 0.2) is 5.82 Å². The van der Waals surface area contributed by atoms with E-state index in [0.29, 0.717) is 42.9 Å². The third-order valence-electron chi connectivity index (χ3n) is 7.49. The normalized spacial score (nSPS) is 21.3. The fourth-order valence-electron chi connectivity index (χ4n) is 5.23. The zero-order chi connectivity index (χ0) is 26.6. The number of para-hydroxylation sites is 1. The van der Waals surface area contributed by atoms with Crippen LogP contribution in [0.4, 0.5) is 33.2 Å². The minimum Gasteiger partial charge on any atom is -0.368 e. The Labute approximate surface area is 225 Å². The maximum atomic E-state index is 14.8. The first-order valence-electron chi connectivity index (χ1n) is 12.6. The molecule has 0 spiro atoms. The number of rotatable bonds is 4. The number of fused-ring (bicyclic) bond motifs is 3. The molecule has 9 nitrogen and oxygen atoms in total. The number of likely N-dealkylation sites (N-methyl/N-ethyl adjacent to an activating group) is 1. The number of hydrogen-bond donors (Lipinski definition) is 1. The first kappa shape index (κ1) is 24.6. The van der Waals surface area contributed by atoms with Gasteiger partial charge < -0.3 is 10.2 Å². The number of carbonyl (C=O) groups is 1. The number of benzene rings is 2. The summed E-state index contributed by atoms with van der Waals surface area (Å²) in [5.41, 5.74) is 2.23. The van der Waals surface area contributed by atoms with Crippen LogP contribution in [-0.2, 0) is 0 Å². The highest BCUT2D eigenvalue weighted by Gasteiger charge is 2.41. The van der Waals surface area contributed by atoms with E-state index in [-0.39, 0.29) is 16.3 Å². The van der Waals surface area contributed by atoms with Crippen LogP contribution in [0, 0.1) is 5.82 Å². The minimum atomic E-state index is -0.605. The van der Waals surface area contributed by atoms with Crippen LogP contribution in [0.15, 0.2) is 53.7 Å². The Morgan fingerprint density at radius 3 is 2.53 bits per heavy atom. The van der Waals surface area contributed by atoms with Crippen molar-refractivity contribution in [3.05, 3.63) is 65.1 Å². The lowest BCUT2D eigenvalue weighted by Crippen LogP contribution is -2.55. The molecule has 1 aromatic heterocycles. The van der Waals surface area contributed by atoms with Gasteiger partial charge in [0.05, 0.1) is 11.6 Å². The van der Waals surface area contributed by atoms with Gasteiger partial charge in [0.2, 0.25) is 11.9 Å². The highest BCUT2D eigenvalue weighted by molar-refractivity contribution is 6.38. The number of nitrogens with zero attached hydrogens (tertiary/aromatic N) is 7. The summed E-state index contributed by atoms with van der Waals surface area (Å²) in [5, 5.41) is 3.37. The van der Waals surface area contributed by atoms with Crippen LogP contribution in [0.2, 0.25) is 5.02 Å². The number of hydrogen-bond acceptors (Lipinski definition) is 8. The fraction of sp³-hybridized carbons (Fsp3) is 0.333. The van der Waals surface area contributed by atoms with E-state index in [4.69, 9.17) is 11.6 Å². The molecule has 1 saturated heterocycles. The Bertz CT molecular complexity index is 1400. The maximum absolute atomic E-state index is 14.8. The predicted octanol–water partition coefficient (Wildman–Crippen LogP) is 4.38. The molecule has 3 aliphatic rings. The molecule has 1 N–H and O–H groups in total. The Hall–Kier alpha value is -3.76. The van der Waals surface area contributed by atoms with Crippen molar-refractivity contribution in [3.63, 3.8) is 0 Å². The Balaban J connectivity index is 1.25. The number of carbonyl (C=O) groups excluding carboxylic acids is 1. The summed E-state index contributed by atoms with van der Waals surface area (Å²) >= 11 is 6.29. The molecule has 11 heteroatoms. The highest BCUT2D eigenvalue weighted by Crippen LogP contribution is 2.37. The lowest BCUT2D eigenvalue weighted by Gasteiger charge is -2.43. The zero-order valence-corrected chi connectivity index (χ0v) is 22.2. The van der Waals surface area contributed by atoms with Crippen molar-refractivity contribution < 1.29 is 9.18 Å². The van der Waals surface area contributed by atoms with E-state index in [1.807, 2.05) is 12.1 Å². The summed E-state index contributed by atoms with van der Waals surface area (Å²) in [4.78, 5) is 34.8. The minimum absolute atomic E-state index is 0.0260. The number of guanidine groups is 1. The lowest BCUT2D eigenvalue weighted by molar-refractivity contribution is 0.0999. The van der Waals surface area contributed by atoms with Gasteiger partial charge in [0.25, 0.3) is 5.91 Å². The number of anilines is 5. The van der Waals surface area contributed by atoms with E-state index in [2.05, 4.69) is 63.1 Å². The summed E-state index contributed by atoms with van der Waals surface area (Å²) in [6.45, 7) is 7.40. The summed E-state index contributed by atoms with van der Waals surface area (Å²) < 4.78 is 14.8. The fourth-order valence-corrected chi connectivity index (χ4v) is 5.48. The number of piperazine rings is 1. The first-order valence-corrected chi connectivity index (χ1v) is 13.0. The molecule has 2 atom stereocenters. The maximum Gasteiger partial charge on any atom is 0.270 e. The van der Waals surface area contributed by atoms with Gasteiger partial charge in [0, 0.05) is 49.3 Å². The van der Waals surface area contributed by atoms with Crippen molar-refractivity contribution in [1.82, 2.24) is 14.9 Å². The molecule has 38 heavy (non-hydrogen) atoms. The van der Waals surface area contributed by atoms with E-state index in [1.165, 1.54) is 28.9 Å². The quantitative estimate of drug-likeness (QED) is 0.532. The van der Waals surface area contributed by atoms with Crippen molar-refractivity contribution in [1.29, 1.82) is 0 Å². The van der Waals surface area contributed by atoms with E-state index in [9.17, 15) is 9.18 Å². The van der Waals surface area contributed by atoms with Crippen LogP contribution < -0.4 is 20.0 Å². The molecule has 2 aromatic carbocycles. The number of aromatic nitrogens is 2. The van der Waals surface area contributed by atoms with Crippen molar-refractivity contribution >= 4 is 52.3 Å². The van der Waals surface area contributed by atoms with Crippen LogP contribution in [0.25, 0.3) is 0 Å². The van der Waals surface area contributed by atoms with Gasteiger partial charge in [-0.15, -0.1) is 0 Å². The second-order valence-electron chi connectivity index (χ2n) is 9.92. The second kappa shape index (κ2) is 9.52. The number of halogens is 2. The topological polar surface area (TPSA) is 80.2 Å². The molecular weight excluding hydrogens is 507 g/mol. The van der Waals surface area contributed by atoms with Crippen LogP contribution in [0.5, 0.6) is 0 Å². The SMILES string of the molecule is C[C@@H]1CN(c2ccc(Nc3ncc4c(n3)N3CCN=C3N(c3c(F)cccc3Cl)C4=O)cc2)C[C@H](C)N1C. The summed E-state index contributed by atoms with van der Waals surface area (Å²) in [5.74, 6) is 0.0147. The van der Waals surface area contributed by atoms with E-state index in [1.54, 1.807) is 11.0 Å². The molecule has 3 aromatic rings. The molecule has 0 unspecified atom stereocenters. The molecule has 4 heterocycles. The molecule has 0 saturated carbocycles. The average molecular weight is 535 g/mol. The van der Waals surface area contributed by atoms with Crippen molar-refractivity contribution in [2.75, 3.05) is 53.2 Å². The third-order valence-corrected chi connectivity index (χ3v) is 7.79. The van der Waals surface area contributed by atoms with Gasteiger partial charge in [-0.1, -0.05) is 17.7 Å². The van der Waals surface area contributed by atoms with E-state index in [0.717, 1.165) is 18.8 Å². The smallest absolute Gasteiger partial charge is 0.270 e. The number of amides is 1. The Morgan fingerprint density at radius 2 is 1.82 bits per heavy atom. The predicted molar refractivity (Wildman–Crippen MR) is 149 cm³/mol. The molecule has 3 aliphatic heterocycles. The summed E-state index contributed by atoms with van der Waals surface area (Å²) in [7, 11) is 2.18. The van der Waals surface area contributed by atoms with Crippen LogP contribution in [0.1, 0.15) is 24.2 Å². The number of aliphatic imine (C=N–C) groups is 1. The van der Waals surface area contributed by atoms with Gasteiger partial charge >= 0.3 is 0 Å². The molecule has 1 amide bonds. The molecule has 6 rings (SSSR count). The largest absolute Gasteiger partial charge is 0.368 e. The molecule has 0 bridgehead atoms. The van der Waals surface area contributed by atoms with Gasteiger partial charge in [-0.3, -0.25) is 19.6 Å². The van der Waals surface area contributed by atoms with Crippen LogP contribution in [0.3, 0.4) is 0 Å². The number of nitrogens with one attached hydrogen (secondary N) is 1. The van der Waals surface area contributed by atoms with Gasteiger partial charge in [-0.05, 0) is 57.3 Å². The monoisotopic (exact) mass is 534 g/mol. The van der Waals surface area contributed by atoms with Crippen molar-refractivity contribution in [2.24, 2.45) is 4.99 Å². The lowest BCUT2D eigenvalue weighted by atomic mass is 10.1. The van der Waals surface area contributed by atoms with E-state index >= 15 is 0 Å². The third kappa shape index (κ3) is 4.13. The molecule has 196 valence electrons. The summed E-state index contributed by atoms with van der Waals surface area (Å²) in [6, 6.07) is 13.5. The highest BCUT2D eigenvalue weighted by atomic mass is 35.5.